The molecule has 3 heterocycles. The lowest BCUT2D eigenvalue weighted by Gasteiger charge is -2.14. The third kappa shape index (κ3) is 3.30. The van der Waals surface area contributed by atoms with Crippen LogP contribution in [0.25, 0.3) is 12.2 Å². The van der Waals surface area contributed by atoms with Crippen LogP contribution >= 0.6 is 11.3 Å². The zero-order chi connectivity index (χ0) is 17.3. The number of hydrogen-bond donors (Lipinski definition) is 2. The fourth-order valence-electron chi connectivity index (χ4n) is 2.27. The van der Waals surface area contributed by atoms with Gasteiger partial charge in [-0.2, -0.15) is 0 Å². The van der Waals surface area contributed by atoms with Gasteiger partial charge in [-0.05, 0) is 23.6 Å². The van der Waals surface area contributed by atoms with Gasteiger partial charge in [0.2, 0.25) is 0 Å². The van der Waals surface area contributed by atoms with Crippen LogP contribution in [0.15, 0.2) is 37.9 Å². The predicted molar refractivity (Wildman–Crippen MR) is 93.6 cm³/mol. The normalized spacial score (nSPS) is 13.6. The molecule has 0 aliphatic rings. The summed E-state index contributed by atoms with van der Waals surface area (Å²) in [6.45, 7) is 5.95. The highest BCUT2D eigenvalue weighted by molar-refractivity contribution is 7.10. The molecule has 2 N–H and O–H groups in total. The Morgan fingerprint density at radius 2 is 1.79 bits per heavy atom. The molecule has 124 valence electrons. The highest BCUT2D eigenvalue weighted by atomic mass is 32.1. The van der Waals surface area contributed by atoms with E-state index in [-0.39, 0.29) is 27.2 Å². The first-order chi connectivity index (χ1) is 11.3. The number of H-pyrrole nitrogens is 2. The molecule has 7 heteroatoms. The summed E-state index contributed by atoms with van der Waals surface area (Å²) in [6, 6.07) is 3.75. The number of aromatic nitrogens is 3. The summed E-state index contributed by atoms with van der Waals surface area (Å²) >= 11 is 1.48. The largest absolute Gasteiger partial charge is 0.447 e. The molecule has 0 spiro atoms. The summed E-state index contributed by atoms with van der Waals surface area (Å²) in [7, 11) is 0. The number of hydrogen-bond acceptors (Lipinski definition) is 5. The second-order valence-corrected chi connectivity index (χ2v) is 7.34. The van der Waals surface area contributed by atoms with Crippen molar-refractivity contribution in [3.8, 4) is 0 Å². The standard InChI is InChI=1S/C17H17N3O3S/c1-17(2,3)14-11(18-9-23-14)8-13-16(22)19-12(15(21)20-13)7-10-5-4-6-24-10/h4-9H,1-3H3,(H,19,22)(H,20,21)/b12-7-,13-8-. The monoisotopic (exact) mass is 343 g/mol. The quantitative estimate of drug-likeness (QED) is 0.728. The van der Waals surface area contributed by atoms with Crippen LogP contribution in [-0.2, 0) is 5.41 Å². The number of nitrogens with one attached hydrogen (secondary N) is 2. The van der Waals surface area contributed by atoms with Crippen molar-refractivity contribution in [1.82, 2.24) is 15.0 Å². The Bertz CT molecular complexity index is 1080. The van der Waals surface area contributed by atoms with Gasteiger partial charge in [-0.15, -0.1) is 11.3 Å². The van der Waals surface area contributed by atoms with Crippen LogP contribution in [0.1, 0.15) is 37.1 Å². The lowest BCUT2D eigenvalue weighted by Crippen LogP contribution is -2.46. The molecule has 3 rings (SSSR count). The van der Waals surface area contributed by atoms with Gasteiger partial charge in [-0.3, -0.25) is 9.59 Å². The molecule has 0 amide bonds. The van der Waals surface area contributed by atoms with Crippen molar-refractivity contribution < 1.29 is 4.42 Å². The zero-order valence-electron chi connectivity index (χ0n) is 13.5. The molecule has 3 aromatic heterocycles. The van der Waals surface area contributed by atoms with Crippen LogP contribution in [0.4, 0.5) is 0 Å². The highest BCUT2D eigenvalue weighted by Gasteiger charge is 2.21. The lowest BCUT2D eigenvalue weighted by atomic mass is 9.92. The Labute approximate surface area is 141 Å². The van der Waals surface area contributed by atoms with Gasteiger partial charge in [0.1, 0.15) is 22.2 Å². The van der Waals surface area contributed by atoms with Gasteiger partial charge in [0.15, 0.2) is 6.39 Å². The van der Waals surface area contributed by atoms with Crippen molar-refractivity contribution in [3.63, 3.8) is 0 Å². The van der Waals surface area contributed by atoms with E-state index in [9.17, 15) is 9.59 Å². The van der Waals surface area contributed by atoms with Crippen molar-refractivity contribution in [2.24, 2.45) is 0 Å². The molecule has 0 aromatic carbocycles. The Hall–Kier alpha value is -2.67. The molecule has 0 atom stereocenters. The van der Waals surface area contributed by atoms with Gasteiger partial charge >= 0.3 is 0 Å². The third-order valence-electron chi connectivity index (χ3n) is 3.37. The van der Waals surface area contributed by atoms with Crippen LogP contribution in [0, 0.1) is 0 Å². The average Bonchev–Trinajstić information content (AvgIpc) is 3.14. The van der Waals surface area contributed by atoms with Gasteiger partial charge in [0.05, 0.1) is 0 Å². The van der Waals surface area contributed by atoms with E-state index >= 15 is 0 Å². The first kappa shape index (κ1) is 16.2. The molecule has 0 unspecified atom stereocenters. The van der Waals surface area contributed by atoms with E-state index in [1.54, 1.807) is 6.08 Å². The highest BCUT2D eigenvalue weighted by Crippen LogP contribution is 2.25. The number of thiophene rings is 1. The van der Waals surface area contributed by atoms with Crippen molar-refractivity contribution in [3.05, 3.63) is 71.6 Å². The van der Waals surface area contributed by atoms with Crippen LogP contribution in [0.2, 0.25) is 0 Å². The summed E-state index contributed by atoms with van der Waals surface area (Å²) in [6.07, 6.45) is 4.50. The summed E-state index contributed by atoms with van der Waals surface area (Å²) < 4.78 is 5.41. The molecule has 0 aliphatic carbocycles. The molecule has 3 aromatic rings. The van der Waals surface area contributed by atoms with E-state index in [0.29, 0.717) is 11.5 Å². The number of aromatic amines is 2. The molecule has 0 saturated heterocycles. The van der Waals surface area contributed by atoms with E-state index in [1.165, 1.54) is 23.8 Å². The van der Waals surface area contributed by atoms with Crippen molar-refractivity contribution >= 4 is 23.5 Å². The summed E-state index contributed by atoms with van der Waals surface area (Å²) in [5.74, 6) is 0.650. The lowest BCUT2D eigenvalue weighted by molar-refractivity contribution is 0.407. The molecule has 0 fully saturated rings. The molecule has 0 bridgehead atoms. The fourth-order valence-corrected chi connectivity index (χ4v) is 2.92. The maximum Gasteiger partial charge on any atom is 0.272 e. The van der Waals surface area contributed by atoms with E-state index in [4.69, 9.17) is 4.42 Å². The van der Waals surface area contributed by atoms with E-state index < -0.39 is 0 Å². The second-order valence-electron chi connectivity index (χ2n) is 6.36. The van der Waals surface area contributed by atoms with Crippen LogP contribution in [0.3, 0.4) is 0 Å². The smallest absolute Gasteiger partial charge is 0.272 e. The molecular weight excluding hydrogens is 326 g/mol. The zero-order valence-corrected chi connectivity index (χ0v) is 14.4. The molecule has 6 nitrogen and oxygen atoms in total. The second kappa shape index (κ2) is 6.09. The van der Waals surface area contributed by atoms with Crippen molar-refractivity contribution in [2.75, 3.05) is 0 Å². The van der Waals surface area contributed by atoms with Crippen LogP contribution in [-0.4, -0.2) is 15.0 Å². The Kier molecular flexibility index (Phi) is 4.11. The predicted octanol–water partition coefficient (Wildman–Crippen LogP) is 1.07. The van der Waals surface area contributed by atoms with Crippen LogP contribution < -0.4 is 21.8 Å². The summed E-state index contributed by atoms with van der Waals surface area (Å²) in [4.78, 5) is 34.7. The number of rotatable bonds is 2. The Morgan fingerprint density at radius 1 is 1.12 bits per heavy atom. The SMILES string of the molecule is CC(C)(C)c1ocnc1/C=c1\[nH]c(=O)/c(=C/c2cccs2)[nH]c1=O. The topological polar surface area (TPSA) is 91.8 Å². The fraction of sp³-hybridized carbons (Fsp3) is 0.235. The molecule has 0 radical (unpaired) electrons. The minimum Gasteiger partial charge on any atom is -0.447 e. The van der Waals surface area contributed by atoms with E-state index in [2.05, 4.69) is 15.0 Å². The van der Waals surface area contributed by atoms with Gasteiger partial charge in [0, 0.05) is 10.3 Å². The van der Waals surface area contributed by atoms with Crippen LogP contribution in [0.5, 0.6) is 0 Å². The molecule has 24 heavy (non-hydrogen) atoms. The maximum absolute atomic E-state index is 12.3. The minimum absolute atomic E-state index is 0.141. The molecular formula is C17H17N3O3S. The maximum atomic E-state index is 12.3. The van der Waals surface area contributed by atoms with Crippen molar-refractivity contribution in [1.29, 1.82) is 0 Å². The minimum atomic E-state index is -0.389. The van der Waals surface area contributed by atoms with Crippen molar-refractivity contribution in [2.45, 2.75) is 26.2 Å². The summed E-state index contributed by atoms with van der Waals surface area (Å²) in [5, 5.41) is 2.26. The van der Waals surface area contributed by atoms with Gasteiger partial charge in [-0.25, -0.2) is 4.98 Å². The third-order valence-corrected chi connectivity index (χ3v) is 4.19. The number of oxazole rings is 1. The van der Waals surface area contributed by atoms with E-state index in [1.807, 2.05) is 38.3 Å². The van der Waals surface area contributed by atoms with Gasteiger partial charge in [0.25, 0.3) is 11.1 Å². The van der Waals surface area contributed by atoms with E-state index in [0.717, 1.165) is 4.88 Å². The summed E-state index contributed by atoms with van der Waals surface area (Å²) in [5.41, 5.74) is -0.489. The Balaban J connectivity index is 2.15. The average molecular weight is 343 g/mol. The van der Waals surface area contributed by atoms with Gasteiger partial charge < -0.3 is 14.4 Å². The Morgan fingerprint density at radius 3 is 2.38 bits per heavy atom. The first-order valence-corrected chi connectivity index (χ1v) is 8.26. The van der Waals surface area contributed by atoms with Gasteiger partial charge in [-0.1, -0.05) is 26.8 Å². The first-order valence-electron chi connectivity index (χ1n) is 7.38. The number of nitrogens with zero attached hydrogens (tertiary/aromatic N) is 1. The molecule has 0 saturated carbocycles. The molecule has 0 aliphatic heterocycles.